The van der Waals surface area contributed by atoms with Crippen LogP contribution in [-0.4, -0.2) is 44.0 Å². The highest BCUT2D eigenvalue weighted by Gasteiger charge is 2.19. The number of hydrogen-bond donors (Lipinski definition) is 1. The number of nitro benzene ring substituents is 1. The van der Waals surface area contributed by atoms with E-state index in [0.717, 1.165) is 6.07 Å². The fourth-order valence-corrected chi connectivity index (χ4v) is 2.58. The Bertz CT molecular complexity index is 912. The summed E-state index contributed by atoms with van der Waals surface area (Å²) < 4.78 is 15.4. The number of nitrogens with one attached hydrogen (secondary N) is 1. The van der Waals surface area contributed by atoms with Gasteiger partial charge in [0, 0.05) is 30.8 Å². The van der Waals surface area contributed by atoms with Crippen molar-refractivity contribution in [3.8, 4) is 5.75 Å². The molecule has 2 aromatic rings. The Morgan fingerprint density at radius 1 is 1.10 bits per heavy atom. The number of anilines is 1. The van der Waals surface area contributed by atoms with E-state index in [1.165, 1.54) is 33.3 Å². The number of ether oxygens (including phenoxy) is 3. The van der Waals surface area contributed by atoms with Gasteiger partial charge in [-0.05, 0) is 37.3 Å². The molecule has 0 unspecified atom stereocenters. The third kappa shape index (κ3) is 5.76. The molecule has 2 aromatic carbocycles. The van der Waals surface area contributed by atoms with Crippen LogP contribution in [0.15, 0.2) is 36.4 Å². The molecule has 0 aliphatic rings. The number of nitrogens with zero attached hydrogens (tertiary/aromatic N) is 1. The number of nitro groups is 1. The standard InChI is InChI=1S/C20H22N2O7/c1-13(23)14-5-7-19(28-3)16(10-14)12-29-20(24)15-4-6-17(21-8-9-27-2)18(11-15)22(25)26/h4-7,10-11,21H,8-9,12H2,1-3H3. The van der Waals surface area contributed by atoms with Crippen molar-refractivity contribution >= 4 is 23.1 Å². The first-order chi connectivity index (χ1) is 13.9. The molecule has 9 heteroatoms. The molecular formula is C20H22N2O7. The number of rotatable bonds is 10. The van der Waals surface area contributed by atoms with Gasteiger partial charge < -0.3 is 19.5 Å². The largest absolute Gasteiger partial charge is 0.496 e. The van der Waals surface area contributed by atoms with Crippen LogP contribution < -0.4 is 10.1 Å². The fraction of sp³-hybridized carbons (Fsp3) is 0.300. The quantitative estimate of drug-likeness (QED) is 0.212. The Labute approximate surface area is 167 Å². The molecule has 0 amide bonds. The predicted octanol–water partition coefficient (Wildman–Crippen LogP) is 3.22. The second kappa shape index (κ2) is 10.2. The average Bonchev–Trinajstić information content (AvgIpc) is 2.71. The molecule has 9 nitrogen and oxygen atoms in total. The molecule has 0 saturated carbocycles. The van der Waals surface area contributed by atoms with Crippen LogP contribution >= 0.6 is 0 Å². The van der Waals surface area contributed by atoms with E-state index >= 15 is 0 Å². The second-order valence-electron chi connectivity index (χ2n) is 6.07. The van der Waals surface area contributed by atoms with Crippen LogP contribution in [0, 0.1) is 10.1 Å². The number of hydrogen-bond acceptors (Lipinski definition) is 8. The number of methoxy groups -OCH3 is 2. The lowest BCUT2D eigenvalue weighted by Gasteiger charge is -2.11. The van der Waals surface area contributed by atoms with Gasteiger partial charge in [0.2, 0.25) is 0 Å². The van der Waals surface area contributed by atoms with Crippen LogP contribution in [0.3, 0.4) is 0 Å². The highest BCUT2D eigenvalue weighted by Crippen LogP contribution is 2.26. The van der Waals surface area contributed by atoms with Crippen molar-refractivity contribution in [2.75, 3.05) is 32.7 Å². The Kier molecular flexibility index (Phi) is 7.67. The molecule has 0 saturated heterocycles. The van der Waals surface area contributed by atoms with Crippen molar-refractivity contribution in [1.29, 1.82) is 0 Å². The lowest BCUT2D eigenvalue weighted by atomic mass is 10.1. The first-order valence-electron chi connectivity index (χ1n) is 8.73. The van der Waals surface area contributed by atoms with E-state index in [2.05, 4.69) is 5.32 Å². The molecule has 1 N–H and O–H groups in total. The van der Waals surface area contributed by atoms with Crippen LogP contribution in [0.2, 0.25) is 0 Å². The van der Waals surface area contributed by atoms with E-state index in [4.69, 9.17) is 14.2 Å². The van der Waals surface area contributed by atoms with E-state index in [-0.39, 0.29) is 29.3 Å². The van der Waals surface area contributed by atoms with E-state index in [9.17, 15) is 19.7 Å². The number of carbonyl (C=O) groups excluding carboxylic acids is 2. The highest BCUT2D eigenvalue weighted by atomic mass is 16.6. The van der Waals surface area contributed by atoms with Gasteiger partial charge in [0.25, 0.3) is 5.69 Å². The maximum absolute atomic E-state index is 12.4. The van der Waals surface area contributed by atoms with E-state index in [0.29, 0.717) is 30.0 Å². The number of benzene rings is 2. The minimum atomic E-state index is -0.730. The molecular weight excluding hydrogens is 380 g/mol. The lowest BCUT2D eigenvalue weighted by Crippen LogP contribution is -2.11. The molecule has 0 aromatic heterocycles. The van der Waals surface area contributed by atoms with Crippen molar-refractivity contribution in [2.24, 2.45) is 0 Å². The van der Waals surface area contributed by atoms with Gasteiger partial charge in [0.05, 0.1) is 24.2 Å². The van der Waals surface area contributed by atoms with Crippen LogP contribution in [0.1, 0.15) is 33.2 Å². The summed E-state index contributed by atoms with van der Waals surface area (Å²) in [5.74, 6) is -0.397. The van der Waals surface area contributed by atoms with Gasteiger partial charge >= 0.3 is 5.97 Å². The molecule has 0 atom stereocenters. The van der Waals surface area contributed by atoms with Gasteiger partial charge in [0.15, 0.2) is 5.78 Å². The zero-order valence-electron chi connectivity index (χ0n) is 16.4. The minimum absolute atomic E-state index is 0.0377. The molecule has 154 valence electrons. The van der Waals surface area contributed by atoms with Crippen LogP contribution in [-0.2, 0) is 16.1 Å². The number of ketones is 1. The summed E-state index contributed by atoms with van der Waals surface area (Å²) in [5, 5.41) is 14.2. The van der Waals surface area contributed by atoms with Crippen molar-refractivity contribution in [1.82, 2.24) is 0 Å². The molecule has 0 bridgehead atoms. The minimum Gasteiger partial charge on any atom is -0.496 e. The summed E-state index contributed by atoms with van der Waals surface area (Å²) in [4.78, 5) is 34.7. The normalized spacial score (nSPS) is 10.3. The Balaban J connectivity index is 2.17. The number of Topliss-reactive ketones (excluding diaryl/α,β-unsaturated/α-hetero) is 1. The molecule has 0 aliphatic heterocycles. The predicted molar refractivity (Wildman–Crippen MR) is 106 cm³/mol. The van der Waals surface area contributed by atoms with Crippen molar-refractivity contribution in [3.05, 3.63) is 63.2 Å². The van der Waals surface area contributed by atoms with Crippen LogP contribution in [0.5, 0.6) is 5.75 Å². The smallest absolute Gasteiger partial charge is 0.338 e. The van der Waals surface area contributed by atoms with Crippen LogP contribution in [0.4, 0.5) is 11.4 Å². The first-order valence-corrected chi connectivity index (χ1v) is 8.73. The lowest BCUT2D eigenvalue weighted by molar-refractivity contribution is -0.384. The zero-order valence-corrected chi connectivity index (χ0v) is 16.4. The number of carbonyl (C=O) groups is 2. The molecule has 2 rings (SSSR count). The van der Waals surface area contributed by atoms with Gasteiger partial charge in [-0.15, -0.1) is 0 Å². The van der Waals surface area contributed by atoms with E-state index in [1.54, 1.807) is 18.2 Å². The summed E-state index contributed by atoms with van der Waals surface area (Å²) >= 11 is 0. The summed E-state index contributed by atoms with van der Waals surface area (Å²) in [6, 6.07) is 8.85. The zero-order chi connectivity index (χ0) is 21.4. The van der Waals surface area contributed by atoms with Crippen molar-refractivity contribution in [3.63, 3.8) is 0 Å². The van der Waals surface area contributed by atoms with Crippen molar-refractivity contribution < 1.29 is 28.7 Å². The second-order valence-corrected chi connectivity index (χ2v) is 6.07. The average molecular weight is 402 g/mol. The van der Waals surface area contributed by atoms with Crippen molar-refractivity contribution in [2.45, 2.75) is 13.5 Å². The van der Waals surface area contributed by atoms with Gasteiger partial charge in [0.1, 0.15) is 18.0 Å². The molecule has 0 spiro atoms. The molecule has 29 heavy (non-hydrogen) atoms. The Morgan fingerprint density at radius 2 is 1.83 bits per heavy atom. The third-order valence-electron chi connectivity index (χ3n) is 4.10. The maximum atomic E-state index is 12.4. The highest BCUT2D eigenvalue weighted by molar-refractivity contribution is 5.94. The van der Waals surface area contributed by atoms with E-state index < -0.39 is 10.9 Å². The first kappa shape index (κ1) is 21.8. The fourth-order valence-electron chi connectivity index (χ4n) is 2.58. The monoisotopic (exact) mass is 402 g/mol. The summed E-state index contributed by atoms with van der Waals surface area (Å²) in [5.41, 5.74) is 1.04. The SMILES string of the molecule is COCCNc1ccc(C(=O)OCc2cc(C(C)=O)ccc2OC)cc1[N+](=O)[O-]. The molecule has 0 radical (unpaired) electrons. The van der Waals surface area contributed by atoms with Gasteiger partial charge in [-0.2, -0.15) is 0 Å². The van der Waals surface area contributed by atoms with Gasteiger partial charge in [-0.25, -0.2) is 4.79 Å². The van der Waals surface area contributed by atoms with Gasteiger partial charge in [-0.1, -0.05) is 0 Å². The topological polar surface area (TPSA) is 117 Å². The molecule has 0 heterocycles. The summed E-state index contributed by atoms with van der Waals surface area (Å²) in [6.45, 7) is 2.04. The van der Waals surface area contributed by atoms with Crippen LogP contribution in [0.25, 0.3) is 0 Å². The number of esters is 1. The molecule has 0 aliphatic carbocycles. The third-order valence-corrected chi connectivity index (χ3v) is 4.10. The summed E-state index contributed by atoms with van der Waals surface area (Å²) in [7, 11) is 2.99. The Morgan fingerprint density at radius 3 is 2.45 bits per heavy atom. The molecule has 0 fully saturated rings. The Hall–Kier alpha value is -3.46. The maximum Gasteiger partial charge on any atom is 0.338 e. The van der Waals surface area contributed by atoms with E-state index in [1.807, 2.05) is 0 Å². The van der Waals surface area contributed by atoms with Gasteiger partial charge in [-0.3, -0.25) is 14.9 Å². The summed E-state index contributed by atoms with van der Waals surface area (Å²) in [6.07, 6.45) is 0.